The molecule has 0 aliphatic heterocycles. The summed E-state index contributed by atoms with van der Waals surface area (Å²) < 4.78 is 66.6. The number of rotatable bonds is 5. The summed E-state index contributed by atoms with van der Waals surface area (Å²) in [7, 11) is -2.40. The summed E-state index contributed by atoms with van der Waals surface area (Å²) in [5.74, 6) is -0.717. The van der Waals surface area contributed by atoms with Crippen molar-refractivity contribution in [1.29, 1.82) is 5.26 Å². The molecule has 3 aromatic heterocycles. The molecule has 3 heterocycles. The summed E-state index contributed by atoms with van der Waals surface area (Å²) in [6.07, 6.45) is -1.50. The zero-order valence-electron chi connectivity index (χ0n) is 18.4. The van der Waals surface area contributed by atoms with Gasteiger partial charge in [-0.2, -0.15) is 18.4 Å². The number of imidazole rings is 1. The molecule has 0 spiro atoms. The first-order chi connectivity index (χ1) is 15.8. The van der Waals surface area contributed by atoms with E-state index in [4.69, 9.17) is 0 Å². The molecule has 0 aromatic carbocycles. The minimum atomic E-state index is -4.67. The van der Waals surface area contributed by atoms with Crippen molar-refractivity contribution in [3.8, 4) is 17.6 Å². The third kappa shape index (κ3) is 3.77. The number of anilines is 1. The van der Waals surface area contributed by atoms with Crippen LogP contribution in [0.15, 0.2) is 29.4 Å². The summed E-state index contributed by atoms with van der Waals surface area (Å²) in [5.41, 5.74) is -1.90. The third-order valence-electron chi connectivity index (χ3n) is 5.76. The van der Waals surface area contributed by atoms with Crippen LogP contribution in [0.1, 0.15) is 32.4 Å². The zero-order chi connectivity index (χ0) is 25.1. The number of amides is 1. The standard InChI is InChI=1S/C21H19F3N6O3S/c1-4-34(32,33)16-7-13(30(12(2)31)20(11-25)5-6-20)9-27-18(16)19-28-14-8-17(21(22,23)24)26-10-15(14)29(19)3/h7-10H,4-6H2,1-3H3. The highest BCUT2D eigenvalue weighted by Gasteiger charge is 2.51. The minimum Gasteiger partial charge on any atom is -0.324 e. The molecule has 1 aliphatic carbocycles. The van der Waals surface area contributed by atoms with Gasteiger partial charge in [0.15, 0.2) is 15.7 Å². The number of pyridine rings is 2. The van der Waals surface area contributed by atoms with E-state index in [0.717, 1.165) is 12.3 Å². The van der Waals surface area contributed by atoms with E-state index in [0.29, 0.717) is 12.8 Å². The van der Waals surface area contributed by atoms with Crippen LogP contribution in [0.5, 0.6) is 0 Å². The van der Waals surface area contributed by atoms with Crippen molar-refractivity contribution in [3.63, 3.8) is 0 Å². The molecule has 4 rings (SSSR count). The average Bonchev–Trinajstić information content (AvgIpc) is 3.49. The predicted octanol–water partition coefficient (Wildman–Crippen LogP) is 3.25. The quantitative estimate of drug-likeness (QED) is 0.536. The highest BCUT2D eigenvalue weighted by molar-refractivity contribution is 7.91. The van der Waals surface area contributed by atoms with Gasteiger partial charge in [0.05, 0.1) is 45.8 Å². The van der Waals surface area contributed by atoms with Crippen LogP contribution < -0.4 is 4.90 Å². The van der Waals surface area contributed by atoms with E-state index in [-0.39, 0.29) is 38.9 Å². The van der Waals surface area contributed by atoms with E-state index in [9.17, 15) is 31.6 Å². The first kappa shape index (κ1) is 23.6. The Morgan fingerprint density at radius 1 is 1.26 bits per heavy atom. The van der Waals surface area contributed by atoms with E-state index in [2.05, 4.69) is 21.0 Å². The number of carbonyl (C=O) groups excluding carboxylic acids is 1. The van der Waals surface area contributed by atoms with Crippen LogP contribution in [-0.2, 0) is 27.9 Å². The number of fused-ring (bicyclic) bond motifs is 1. The largest absolute Gasteiger partial charge is 0.433 e. The summed E-state index contributed by atoms with van der Waals surface area (Å²) in [6, 6.07) is 4.15. The summed E-state index contributed by atoms with van der Waals surface area (Å²) in [4.78, 5) is 25.2. The Morgan fingerprint density at radius 3 is 2.47 bits per heavy atom. The number of halogens is 3. The molecular weight excluding hydrogens is 473 g/mol. The van der Waals surface area contributed by atoms with Crippen molar-refractivity contribution in [2.45, 2.75) is 43.3 Å². The van der Waals surface area contributed by atoms with E-state index >= 15 is 0 Å². The summed E-state index contributed by atoms with van der Waals surface area (Å²) in [5, 5.41) is 9.56. The third-order valence-corrected chi connectivity index (χ3v) is 7.50. The SMILES string of the molecule is CCS(=O)(=O)c1cc(N(C(C)=O)C2(C#N)CC2)cnc1-c1nc2cc(C(F)(F)F)ncc2n1C. The van der Waals surface area contributed by atoms with Gasteiger partial charge in [-0.3, -0.25) is 9.69 Å². The van der Waals surface area contributed by atoms with Gasteiger partial charge >= 0.3 is 6.18 Å². The van der Waals surface area contributed by atoms with Gasteiger partial charge in [-0.25, -0.2) is 23.4 Å². The second kappa shape index (κ2) is 7.76. The molecule has 1 fully saturated rings. The van der Waals surface area contributed by atoms with Gasteiger partial charge < -0.3 is 4.57 Å². The fourth-order valence-electron chi connectivity index (χ4n) is 3.81. The van der Waals surface area contributed by atoms with Crippen molar-refractivity contribution in [2.75, 3.05) is 10.7 Å². The van der Waals surface area contributed by atoms with E-state index < -0.39 is 33.2 Å². The molecule has 9 nitrogen and oxygen atoms in total. The van der Waals surface area contributed by atoms with Crippen LogP contribution in [0.3, 0.4) is 0 Å². The number of hydrogen-bond acceptors (Lipinski definition) is 7. The van der Waals surface area contributed by atoms with E-state index in [1.165, 1.54) is 42.6 Å². The van der Waals surface area contributed by atoms with Crippen LogP contribution in [-0.4, -0.2) is 45.1 Å². The summed E-state index contributed by atoms with van der Waals surface area (Å²) >= 11 is 0. The van der Waals surface area contributed by atoms with Gasteiger partial charge in [-0.1, -0.05) is 6.92 Å². The van der Waals surface area contributed by atoms with Gasteiger partial charge in [0.1, 0.15) is 16.9 Å². The average molecular weight is 492 g/mol. The minimum absolute atomic E-state index is 0.0190. The molecule has 3 aromatic rings. The molecule has 0 saturated heterocycles. The highest BCUT2D eigenvalue weighted by atomic mass is 32.2. The number of carbonyl (C=O) groups is 1. The Hall–Kier alpha value is -3.53. The van der Waals surface area contributed by atoms with Gasteiger partial charge in [0.2, 0.25) is 5.91 Å². The smallest absolute Gasteiger partial charge is 0.324 e. The molecule has 1 aliphatic rings. The lowest BCUT2D eigenvalue weighted by atomic mass is 10.2. The molecule has 1 saturated carbocycles. The molecule has 178 valence electrons. The molecule has 0 N–H and O–H groups in total. The molecule has 13 heteroatoms. The maximum atomic E-state index is 13.1. The van der Waals surface area contributed by atoms with Crippen LogP contribution in [0.2, 0.25) is 0 Å². The van der Waals surface area contributed by atoms with Crippen molar-refractivity contribution in [3.05, 3.63) is 30.2 Å². The Balaban J connectivity index is 1.94. The van der Waals surface area contributed by atoms with Crippen LogP contribution >= 0.6 is 0 Å². The van der Waals surface area contributed by atoms with Gasteiger partial charge in [-0.15, -0.1) is 0 Å². The lowest BCUT2D eigenvalue weighted by molar-refractivity contribution is -0.141. The topological polar surface area (TPSA) is 122 Å². The number of sulfone groups is 1. The second-order valence-electron chi connectivity index (χ2n) is 7.99. The molecular formula is C21H19F3N6O3S. The van der Waals surface area contributed by atoms with Gasteiger partial charge in [0, 0.05) is 14.0 Å². The first-order valence-corrected chi connectivity index (χ1v) is 11.8. The predicted molar refractivity (Wildman–Crippen MR) is 115 cm³/mol. The number of aromatic nitrogens is 4. The van der Waals surface area contributed by atoms with E-state index in [1.807, 2.05) is 0 Å². The number of nitrogens with zero attached hydrogens (tertiary/aromatic N) is 6. The Morgan fingerprint density at radius 2 is 1.94 bits per heavy atom. The highest BCUT2D eigenvalue weighted by Crippen LogP contribution is 2.44. The molecule has 34 heavy (non-hydrogen) atoms. The number of hydrogen-bond donors (Lipinski definition) is 0. The van der Waals surface area contributed by atoms with Crippen LogP contribution in [0.25, 0.3) is 22.6 Å². The molecule has 0 bridgehead atoms. The fourth-order valence-corrected chi connectivity index (χ4v) is 4.86. The van der Waals surface area contributed by atoms with Crippen molar-refractivity contribution >= 4 is 32.5 Å². The Labute approximate surface area is 192 Å². The van der Waals surface area contributed by atoms with Gasteiger partial charge in [0.25, 0.3) is 0 Å². The molecule has 0 atom stereocenters. The maximum absolute atomic E-state index is 13.1. The number of nitriles is 1. The van der Waals surface area contributed by atoms with Crippen molar-refractivity contribution in [1.82, 2.24) is 19.5 Å². The maximum Gasteiger partial charge on any atom is 0.433 e. The normalized spacial score (nSPS) is 15.2. The van der Waals surface area contributed by atoms with Gasteiger partial charge in [-0.05, 0) is 25.0 Å². The lowest BCUT2D eigenvalue weighted by Gasteiger charge is -2.26. The number of alkyl halides is 3. The van der Waals surface area contributed by atoms with Crippen molar-refractivity contribution in [2.24, 2.45) is 7.05 Å². The van der Waals surface area contributed by atoms with Crippen LogP contribution in [0, 0.1) is 11.3 Å². The number of aryl methyl sites for hydroxylation is 1. The monoisotopic (exact) mass is 492 g/mol. The van der Waals surface area contributed by atoms with E-state index in [1.54, 1.807) is 0 Å². The second-order valence-corrected chi connectivity index (χ2v) is 10.2. The molecule has 1 amide bonds. The molecule has 0 unspecified atom stereocenters. The zero-order valence-corrected chi connectivity index (χ0v) is 19.2. The van der Waals surface area contributed by atoms with Crippen molar-refractivity contribution < 1.29 is 26.4 Å². The molecule has 0 radical (unpaired) electrons. The van der Waals surface area contributed by atoms with Crippen LogP contribution in [0.4, 0.5) is 18.9 Å². The Kier molecular flexibility index (Phi) is 5.39. The summed E-state index contributed by atoms with van der Waals surface area (Å²) in [6.45, 7) is 2.71. The fraction of sp³-hybridized carbons (Fsp3) is 0.381. The first-order valence-electron chi connectivity index (χ1n) is 10.2. The lowest BCUT2D eigenvalue weighted by Crippen LogP contribution is -2.40. The Bertz CT molecular complexity index is 1470.